The van der Waals surface area contributed by atoms with Crippen molar-refractivity contribution in [2.45, 2.75) is 56.4 Å². The van der Waals surface area contributed by atoms with Gasteiger partial charge in [0.1, 0.15) is 42.5 Å². The molecule has 6 N–H and O–H groups in total. The number of nitrogens with one attached hydrogen (secondary N) is 3. The van der Waals surface area contributed by atoms with Crippen LogP contribution in [-0.4, -0.2) is 91.9 Å². The molecule has 0 atom stereocenters. The molecule has 0 saturated heterocycles. The molecular weight excluding hydrogens is 973 g/mol. The number of thiazole rings is 2. The number of amides is 3. The minimum atomic E-state index is -1.02. The maximum atomic E-state index is 13.2. The molecule has 0 aliphatic heterocycles. The number of pyridine rings is 2. The highest BCUT2D eigenvalue weighted by Gasteiger charge is 2.21. The fourth-order valence-corrected chi connectivity index (χ4v) is 9.01. The maximum Gasteiger partial charge on any atom is 0.347 e. The highest BCUT2D eigenvalue weighted by Crippen LogP contribution is 2.31. The second-order valence-electron chi connectivity index (χ2n) is 15.6. The number of fused-ring (bicyclic) bond motifs is 2. The first-order valence-electron chi connectivity index (χ1n) is 21.5. The number of imidazole rings is 2. The van der Waals surface area contributed by atoms with E-state index in [4.69, 9.17) is 9.05 Å². The molecule has 21 nitrogen and oxygen atoms in total. The number of carbonyl (C=O) groups is 4. The summed E-state index contributed by atoms with van der Waals surface area (Å²) in [5, 5.41) is 27.0. The van der Waals surface area contributed by atoms with E-state index in [0.29, 0.717) is 94.9 Å². The average molecular weight is 1030 g/mol. The lowest BCUT2D eigenvalue weighted by atomic mass is 10.1. The van der Waals surface area contributed by atoms with E-state index in [1.54, 1.807) is 74.1 Å². The largest absolute Gasteiger partial charge is 0.477 e. The van der Waals surface area contributed by atoms with Crippen LogP contribution in [0.25, 0.3) is 55.2 Å². The lowest BCUT2D eigenvalue weighted by molar-refractivity contribution is 0.0700. The summed E-state index contributed by atoms with van der Waals surface area (Å²) in [6.07, 6.45) is 6.55. The van der Waals surface area contributed by atoms with E-state index in [0.717, 1.165) is 33.6 Å². The number of hydrogen-bond donors (Lipinski definition) is 5. The summed E-state index contributed by atoms with van der Waals surface area (Å²) in [5.41, 5.74) is 13.4. The molecule has 23 heteroatoms. The summed E-state index contributed by atoms with van der Waals surface area (Å²) < 4.78 is 13.5. The monoisotopic (exact) mass is 1020 g/mol. The third-order valence-corrected chi connectivity index (χ3v) is 13.1. The lowest BCUT2D eigenvalue weighted by Gasteiger charge is -2.10. The fraction of sp³-hybridized carbons (Fsp3) is 0.200. The van der Waals surface area contributed by atoms with Crippen LogP contribution in [0.1, 0.15) is 89.5 Å². The molecule has 8 aromatic heterocycles. The number of nitrogens with two attached hydrogens (primary N) is 1. The fourth-order valence-electron chi connectivity index (χ4n) is 7.11. The Kier molecular flexibility index (Phi) is 16.5. The van der Waals surface area contributed by atoms with Crippen molar-refractivity contribution in [2.75, 3.05) is 24.7 Å². The summed E-state index contributed by atoms with van der Waals surface area (Å²) >= 11 is 2.39. The average Bonchev–Trinajstić information content (AvgIpc) is 4.24. The molecule has 0 spiro atoms. The number of aromatic nitrogens is 10. The van der Waals surface area contributed by atoms with Crippen LogP contribution in [0.4, 0.5) is 11.4 Å². The number of carboxylic acids is 1. The highest BCUT2D eigenvalue weighted by molar-refractivity contribution is 7.17. The molecule has 0 saturated carbocycles. The standard InChI is InChI=1S/C24H21N7O3S.C23H18N6O4S.CH5N.2CH4/c1-12-5-6-15(21-28-14(3)34-30-21)9-17(12)29-22(32)18-10-26-19-8-7-16(11-31(18)19)24-27-13(2)20(35-24)23(33)25-4;1-11-4-5-14(20-26-13(3)33-28-20)8-16(11)27-21(30)17-9-24-18-7-6-15(10-29(17)18)22-25-12(2)19(34-22)23(31)32;1-2;;/h5-11H,1-4H3,(H,25,33)(H,29,32);4-10H,1-3H3,(H,27,30)(H,31,32);2H2,1H3;2*1H4. The highest BCUT2D eigenvalue weighted by atomic mass is 32.1. The van der Waals surface area contributed by atoms with Gasteiger partial charge >= 0.3 is 5.97 Å². The predicted molar refractivity (Wildman–Crippen MR) is 280 cm³/mol. The molecule has 73 heavy (non-hydrogen) atoms. The second-order valence-corrected chi connectivity index (χ2v) is 17.6. The first-order chi connectivity index (χ1) is 34.1. The van der Waals surface area contributed by atoms with Crippen LogP contribution < -0.4 is 21.7 Å². The van der Waals surface area contributed by atoms with Gasteiger partial charge in [0.15, 0.2) is 0 Å². The van der Waals surface area contributed by atoms with E-state index in [-0.39, 0.29) is 37.5 Å². The van der Waals surface area contributed by atoms with E-state index in [1.807, 2.05) is 56.3 Å². The quantitative estimate of drug-likeness (QED) is 0.0852. The van der Waals surface area contributed by atoms with Crippen LogP contribution in [-0.2, 0) is 0 Å². The van der Waals surface area contributed by atoms with Gasteiger partial charge in [-0.25, -0.2) is 24.7 Å². The molecule has 0 radical (unpaired) electrons. The van der Waals surface area contributed by atoms with Gasteiger partial charge in [0, 0.05) is 66.9 Å². The molecule has 10 aromatic rings. The van der Waals surface area contributed by atoms with Crippen molar-refractivity contribution < 1.29 is 33.3 Å². The Morgan fingerprint density at radius 2 is 0.986 bits per heavy atom. The third kappa shape index (κ3) is 11.2. The van der Waals surface area contributed by atoms with Gasteiger partial charge in [-0.3, -0.25) is 23.2 Å². The molecule has 376 valence electrons. The summed E-state index contributed by atoms with van der Waals surface area (Å²) in [6, 6.07) is 18.3. The number of nitrogens with zero attached hydrogens (tertiary/aromatic N) is 10. The normalized spacial score (nSPS) is 10.6. The number of carbonyl (C=O) groups excluding carboxylic acids is 3. The summed E-state index contributed by atoms with van der Waals surface area (Å²) in [6.45, 7) is 10.7. The van der Waals surface area contributed by atoms with Gasteiger partial charge < -0.3 is 35.8 Å². The summed E-state index contributed by atoms with van der Waals surface area (Å²) in [7, 11) is 3.09. The molecule has 0 unspecified atom stereocenters. The minimum Gasteiger partial charge on any atom is -0.477 e. The molecular formula is C50H52N14O7S2. The van der Waals surface area contributed by atoms with Crippen LogP contribution in [0.15, 0.2) is 94.5 Å². The van der Waals surface area contributed by atoms with Crippen LogP contribution in [0, 0.1) is 41.5 Å². The van der Waals surface area contributed by atoms with E-state index >= 15 is 0 Å². The zero-order valence-corrected chi connectivity index (χ0v) is 41.0. The Balaban J connectivity index is 0.000000225. The topological polar surface area (TPSA) is 289 Å². The molecule has 0 bridgehead atoms. The molecule has 10 rings (SSSR count). The zero-order valence-electron chi connectivity index (χ0n) is 39.3. The molecule has 8 heterocycles. The van der Waals surface area contributed by atoms with E-state index in [9.17, 15) is 24.3 Å². The van der Waals surface area contributed by atoms with E-state index in [2.05, 4.69) is 61.9 Å². The zero-order chi connectivity index (χ0) is 50.7. The van der Waals surface area contributed by atoms with Crippen molar-refractivity contribution in [1.82, 2.24) is 54.3 Å². The van der Waals surface area contributed by atoms with Crippen LogP contribution >= 0.6 is 22.7 Å². The van der Waals surface area contributed by atoms with Crippen molar-refractivity contribution in [1.29, 1.82) is 0 Å². The number of hydrogen-bond acceptors (Lipinski definition) is 17. The summed E-state index contributed by atoms with van der Waals surface area (Å²) in [4.78, 5) is 76.7. The van der Waals surface area contributed by atoms with Crippen LogP contribution in [0.2, 0.25) is 0 Å². The third-order valence-electron chi connectivity index (χ3n) is 10.7. The van der Waals surface area contributed by atoms with Gasteiger partial charge in [-0.2, -0.15) is 9.97 Å². The molecule has 0 fully saturated rings. The van der Waals surface area contributed by atoms with Crippen molar-refractivity contribution in [3.63, 3.8) is 0 Å². The lowest BCUT2D eigenvalue weighted by Crippen LogP contribution is -2.17. The smallest absolute Gasteiger partial charge is 0.347 e. The number of aromatic carboxylic acids is 1. The Labute approximate surface area is 426 Å². The first-order valence-corrected chi connectivity index (χ1v) is 23.2. The van der Waals surface area contributed by atoms with E-state index in [1.165, 1.54) is 30.8 Å². The Hall–Kier alpha value is -8.80. The Morgan fingerprint density at radius 3 is 1.37 bits per heavy atom. The van der Waals surface area contributed by atoms with Crippen molar-refractivity contribution in [3.05, 3.63) is 141 Å². The van der Waals surface area contributed by atoms with Gasteiger partial charge in [0.2, 0.25) is 23.4 Å². The predicted octanol–water partition coefficient (Wildman–Crippen LogP) is 9.28. The maximum absolute atomic E-state index is 13.2. The summed E-state index contributed by atoms with van der Waals surface area (Å²) in [5.74, 6) is -0.0584. The Morgan fingerprint density at radius 1 is 0.575 bits per heavy atom. The van der Waals surface area contributed by atoms with Crippen molar-refractivity contribution in [2.24, 2.45) is 5.73 Å². The van der Waals surface area contributed by atoms with Crippen LogP contribution in [0.3, 0.4) is 0 Å². The molecule has 0 aliphatic rings. The molecule has 3 amide bonds. The second kappa shape index (κ2) is 22.5. The molecule has 2 aromatic carbocycles. The first kappa shape index (κ1) is 53.5. The van der Waals surface area contributed by atoms with Gasteiger partial charge in [0.25, 0.3) is 17.7 Å². The Bertz CT molecular complexity index is 3660. The minimum absolute atomic E-state index is 0. The number of rotatable bonds is 10. The van der Waals surface area contributed by atoms with Gasteiger partial charge in [-0.05, 0) is 82.3 Å². The van der Waals surface area contributed by atoms with Crippen molar-refractivity contribution >= 4 is 69.0 Å². The van der Waals surface area contributed by atoms with Gasteiger partial charge in [-0.1, -0.05) is 49.4 Å². The number of carboxylic acid groups (broad SMARTS) is 1. The number of anilines is 2. The molecule has 0 aliphatic carbocycles. The van der Waals surface area contributed by atoms with Gasteiger partial charge in [0.05, 0.1) is 23.8 Å². The SMILES string of the molecule is C.C.CN.CNC(=O)c1sc(-c2ccc3ncc(C(=O)Nc4cc(-c5noc(C)n5)ccc4C)n3c2)nc1C.Cc1nc(-c2ccc(C)c(NC(=O)c3cnc4ccc(-c5nc(C)c(C(=O)O)s5)cn34)c2)no1. The van der Waals surface area contributed by atoms with Gasteiger partial charge in [-0.15, -0.1) is 22.7 Å². The van der Waals surface area contributed by atoms with E-state index < -0.39 is 5.97 Å². The number of aryl methyl sites for hydroxylation is 6. The van der Waals surface area contributed by atoms with Crippen LogP contribution in [0.5, 0.6) is 0 Å². The van der Waals surface area contributed by atoms with Crippen molar-refractivity contribution in [3.8, 4) is 43.9 Å². The number of benzene rings is 2.